The molecule has 2 aliphatic heterocycles. The van der Waals surface area contributed by atoms with Gasteiger partial charge in [-0.3, -0.25) is 4.90 Å². The lowest BCUT2D eigenvalue weighted by molar-refractivity contribution is 0.153. The van der Waals surface area contributed by atoms with Gasteiger partial charge in [-0.1, -0.05) is 29.8 Å². The van der Waals surface area contributed by atoms with Gasteiger partial charge in [-0.05, 0) is 12.5 Å². The monoisotopic (exact) mass is 217 g/mol. The summed E-state index contributed by atoms with van der Waals surface area (Å²) in [4.78, 5) is 2.57. The lowest BCUT2D eigenvalue weighted by Gasteiger charge is -2.16. The van der Waals surface area contributed by atoms with Crippen LogP contribution in [-0.4, -0.2) is 31.2 Å². The third-order valence-corrected chi connectivity index (χ3v) is 3.84. The van der Waals surface area contributed by atoms with Crippen molar-refractivity contribution < 1.29 is 4.74 Å². The summed E-state index contributed by atoms with van der Waals surface area (Å²) in [6.07, 6.45) is 0. The molecular weight excluding hydrogens is 198 g/mol. The Bertz CT molecular complexity index is 348. The molecule has 2 saturated heterocycles. The Labute approximate surface area is 97.2 Å². The van der Waals surface area contributed by atoms with Crippen molar-refractivity contribution in [3.05, 3.63) is 35.4 Å². The maximum atomic E-state index is 5.50. The van der Waals surface area contributed by atoms with Crippen LogP contribution in [0.3, 0.4) is 0 Å². The number of hydrogen-bond donors (Lipinski definition) is 0. The molecule has 2 heterocycles. The molecule has 0 amide bonds. The zero-order valence-corrected chi connectivity index (χ0v) is 9.86. The molecule has 3 rings (SSSR count). The Balaban J connectivity index is 1.62. The van der Waals surface area contributed by atoms with Gasteiger partial charge in [0, 0.05) is 31.5 Å². The highest BCUT2D eigenvalue weighted by Crippen LogP contribution is 2.29. The van der Waals surface area contributed by atoms with E-state index in [1.165, 1.54) is 24.2 Å². The Hall–Kier alpha value is -0.860. The van der Waals surface area contributed by atoms with Gasteiger partial charge in [-0.15, -0.1) is 0 Å². The molecule has 0 spiro atoms. The van der Waals surface area contributed by atoms with Crippen molar-refractivity contribution in [2.75, 3.05) is 26.3 Å². The highest BCUT2D eigenvalue weighted by molar-refractivity contribution is 5.21. The molecule has 1 aromatic rings. The van der Waals surface area contributed by atoms with Crippen LogP contribution in [-0.2, 0) is 11.3 Å². The van der Waals surface area contributed by atoms with Crippen LogP contribution in [0.2, 0.25) is 0 Å². The highest BCUT2D eigenvalue weighted by atomic mass is 16.5. The second-order valence-electron chi connectivity index (χ2n) is 5.24. The molecule has 0 N–H and O–H groups in total. The number of rotatable bonds is 2. The number of ether oxygens (including phenoxy) is 1. The molecular formula is C14H19NO. The Morgan fingerprint density at radius 2 is 1.75 bits per heavy atom. The van der Waals surface area contributed by atoms with E-state index in [2.05, 4.69) is 36.1 Å². The normalized spacial score (nSPS) is 29.6. The first-order chi connectivity index (χ1) is 7.81. The molecule has 2 atom stereocenters. The summed E-state index contributed by atoms with van der Waals surface area (Å²) in [6.45, 7) is 7.65. The van der Waals surface area contributed by atoms with Gasteiger partial charge in [0.05, 0.1) is 13.2 Å². The first-order valence-electron chi connectivity index (χ1n) is 6.17. The molecule has 0 saturated carbocycles. The van der Waals surface area contributed by atoms with Gasteiger partial charge >= 0.3 is 0 Å². The second-order valence-corrected chi connectivity index (χ2v) is 5.24. The molecule has 1 aromatic carbocycles. The molecule has 2 heteroatoms. The summed E-state index contributed by atoms with van der Waals surface area (Å²) in [6, 6.07) is 8.91. The van der Waals surface area contributed by atoms with E-state index in [-0.39, 0.29) is 0 Å². The number of nitrogens with zero attached hydrogens (tertiary/aromatic N) is 1. The lowest BCUT2D eigenvalue weighted by atomic mass is 10.0. The molecule has 2 aliphatic rings. The smallest absolute Gasteiger partial charge is 0.0510 e. The summed E-state index contributed by atoms with van der Waals surface area (Å²) in [5.41, 5.74) is 2.78. The van der Waals surface area contributed by atoms with Crippen molar-refractivity contribution >= 4 is 0 Å². The minimum absolute atomic E-state index is 0.797. The number of fused-ring (bicyclic) bond motifs is 1. The minimum atomic E-state index is 0.797. The molecule has 86 valence electrons. The fourth-order valence-corrected chi connectivity index (χ4v) is 2.87. The summed E-state index contributed by atoms with van der Waals surface area (Å²) >= 11 is 0. The van der Waals surface area contributed by atoms with Crippen LogP contribution >= 0.6 is 0 Å². The number of benzene rings is 1. The molecule has 0 aliphatic carbocycles. The van der Waals surface area contributed by atoms with Crippen molar-refractivity contribution in [1.29, 1.82) is 0 Å². The zero-order chi connectivity index (χ0) is 11.0. The van der Waals surface area contributed by atoms with Crippen molar-refractivity contribution in [1.82, 2.24) is 4.90 Å². The molecule has 16 heavy (non-hydrogen) atoms. The maximum absolute atomic E-state index is 5.50. The van der Waals surface area contributed by atoms with Crippen LogP contribution in [0.15, 0.2) is 24.3 Å². The van der Waals surface area contributed by atoms with E-state index in [9.17, 15) is 0 Å². The fourth-order valence-electron chi connectivity index (χ4n) is 2.87. The first-order valence-corrected chi connectivity index (χ1v) is 6.17. The van der Waals surface area contributed by atoms with Crippen LogP contribution in [0.25, 0.3) is 0 Å². The predicted octanol–water partition coefficient (Wildman–Crippen LogP) is 2.07. The van der Waals surface area contributed by atoms with Gasteiger partial charge in [0.15, 0.2) is 0 Å². The molecule has 0 bridgehead atoms. The van der Waals surface area contributed by atoms with Crippen LogP contribution < -0.4 is 0 Å². The Morgan fingerprint density at radius 1 is 1.12 bits per heavy atom. The first kappa shape index (κ1) is 10.3. The molecule has 0 aromatic heterocycles. The number of aryl methyl sites for hydroxylation is 1. The minimum Gasteiger partial charge on any atom is -0.381 e. The van der Waals surface area contributed by atoms with Gasteiger partial charge in [-0.25, -0.2) is 0 Å². The van der Waals surface area contributed by atoms with Gasteiger partial charge in [0.25, 0.3) is 0 Å². The third kappa shape index (κ3) is 2.00. The highest BCUT2D eigenvalue weighted by Gasteiger charge is 2.36. The molecule has 2 nitrogen and oxygen atoms in total. The van der Waals surface area contributed by atoms with E-state index in [4.69, 9.17) is 4.74 Å². The van der Waals surface area contributed by atoms with Gasteiger partial charge < -0.3 is 4.74 Å². The van der Waals surface area contributed by atoms with Gasteiger partial charge in [0.1, 0.15) is 0 Å². The van der Waals surface area contributed by atoms with Crippen molar-refractivity contribution in [2.45, 2.75) is 13.5 Å². The SMILES string of the molecule is Cc1ccc(CN2C[C@H]3COC[C@@H]3C2)cc1. The summed E-state index contributed by atoms with van der Waals surface area (Å²) < 4.78 is 5.50. The van der Waals surface area contributed by atoms with E-state index in [0.717, 1.165) is 31.6 Å². The quantitative estimate of drug-likeness (QED) is 0.752. The van der Waals surface area contributed by atoms with E-state index in [0.29, 0.717) is 0 Å². The Morgan fingerprint density at radius 3 is 2.38 bits per heavy atom. The maximum Gasteiger partial charge on any atom is 0.0510 e. The van der Waals surface area contributed by atoms with Crippen LogP contribution in [0.4, 0.5) is 0 Å². The van der Waals surface area contributed by atoms with E-state index in [1.807, 2.05) is 0 Å². The summed E-state index contributed by atoms with van der Waals surface area (Å²) in [5, 5.41) is 0. The van der Waals surface area contributed by atoms with Crippen molar-refractivity contribution in [2.24, 2.45) is 11.8 Å². The number of likely N-dealkylation sites (tertiary alicyclic amines) is 1. The average Bonchev–Trinajstić information content (AvgIpc) is 2.81. The topological polar surface area (TPSA) is 12.5 Å². The summed E-state index contributed by atoms with van der Waals surface area (Å²) in [5.74, 6) is 1.59. The fraction of sp³-hybridized carbons (Fsp3) is 0.571. The van der Waals surface area contributed by atoms with Crippen molar-refractivity contribution in [3.8, 4) is 0 Å². The molecule has 0 radical (unpaired) electrons. The zero-order valence-electron chi connectivity index (χ0n) is 9.86. The van der Waals surface area contributed by atoms with Gasteiger partial charge in [0.2, 0.25) is 0 Å². The van der Waals surface area contributed by atoms with Crippen molar-refractivity contribution in [3.63, 3.8) is 0 Å². The largest absolute Gasteiger partial charge is 0.381 e. The molecule has 0 unspecified atom stereocenters. The molecule has 2 fully saturated rings. The van der Waals surface area contributed by atoms with Crippen LogP contribution in [0.1, 0.15) is 11.1 Å². The summed E-state index contributed by atoms with van der Waals surface area (Å²) in [7, 11) is 0. The van der Waals surface area contributed by atoms with Crippen LogP contribution in [0.5, 0.6) is 0 Å². The predicted molar refractivity (Wildman–Crippen MR) is 64.3 cm³/mol. The number of hydrogen-bond acceptors (Lipinski definition) is 2. The van der Waals surface area contributed by atoms with Gasteiger partial charge in [-0.2, -0.15) is 0 Å². The van der Waals surface area contributed by atoms with Crippen LogP contribution in [0, 0.1) is 18.8 Å². The lowest BCUT2D eigenvalue weighted by Crippen LogP contribution is -2.22. The third-order valence-electron chi connectivity index (χ3n) is 3.84. The standard InChI is InChI=1S/C14H19NO/c1-11-2-4-12(5-3-11)6-15-7-13-9-16-10-14(13)8-15/h2-5,13-14H,6-10H2,1H3/t13-,14-/m0/s1. The van der Waals surface area contributed by atoms with E-state index >= 15 is 0 Å². The van der Waals surface area contributed by atoms with E-state index in [1.54, 1.807) is 0 Å². The van der Waals surface area contributed by atoms with E-state index < -0.39 is 0 Å². The second kappa shape index (κ2) is 4.19. The Kier molecular flexibility index (Phi) is 2.70. The average molecular weight is 217 g/mol.